The van der Waals surface area contributed by atoms with Gasteiger partial charge in [-0.1, -0.05) is 13.8 Å². The lowest BCUT2D eigenvalue weighted by atomic mass is 10.2. The van der Waals surface area contributed by atoms with Crippen molar-refractivity contribution in [3.05, 3.63) is 29.1 Å². The average molecular weight is 314 g/mol. The molecule has 22 heavy (non-hydrogen) atoms. The molecule has 2 aromatic heterocycles. The second kappa shape index (κ2) is 5.90. The van der Waals surface area contributed by atoms with Crippen LogP contribution in [0.3, 0.4) is 0 Å². The van der Waals surface area contributed by atoms with Crippen molar-refractivity contribution in [2.24, 2.45) is 7.05 Å². The van der Waals surface area contributed by atoms with Gasteiger partial charge in [-0.3, -0.25) is 0 Å². The molecule has 0 bridgehead atoms. The lowest BCUT2D eigenvalue weighted by Gasteiger charge is -2.10. The Bertz CT molecular complexity index is 662. The molecule has 2 heterocycles. The number of alkyl halides is 3. The lowest BCUT2D eigenvalue weighted by molar-refractivity contribution is -0.141. The van der Waals surface area contributed by atoms with Crippen molar-refractivity contribution in [1.82, 2.24) is 24.7 Å². The zero-order valence-corrected chi connectivity index (χ0v) is 12.7. The predicted octanol–water partition coefficient (Wildman–Crippen LogP) is 2.67. The zero-order valence-electron chi connectivity index (χ0n) is 12.7. The van der Waals surface area contributed by atoms with E-state index in [1.54, 1.807) is 4.57 Å². The van der Waals surface area contributed by atoms with E-state index in [0.717, 1.165) is 11.9 Å². The Labute approximate surface area is 125 Å². The zero-order chi connectivity index (χ0) is 16.5. The quantitative estimate of drug-likeness (QED) is 0.939. The van der Waals surface area contributed by atoms with Gasteiger partial charge in [-0.25, -0.2) is 9.97 Å². The lowest BCUT2D eigenvalue weighted by Crippen LogP contribution is -2.14. The van der Waals surface area contributed by atoms with Crippen LogP contribution in [-0.4, -0.2) is 24.7 Å². The van der Waals surface area contributed by atoms with Crippen molar-refractivity contribution < 1.29 is 13.2 Å². The van der Waals surface area contributed by atoms with E-state index in [1.165, 1.54) is 6.92 Å². The van der Waals surface area contributed by atoms with Crippen LogP contribution in [-0.2, 0) is 19.8 Å². The third-order valence-corrected chi connectivity index (χ3v) is 3.06. The summed E-state index contributed by atoms with van der Waals surface area (Å²) < 4.78 is 40.0. The highest BCUT2D eigenvalue weighted by Gasteiger charge is 2.33. The average Bonchev–Trinajstić information content (AvgIpc) is 2.76. The normalized spacial score (nSPS) is 12.0. The first-order chi connectivity index (χ1) is 10.2. The molecule has 2 aromatic rings. The van der Waals surface area contributed by atoms with Crippen LogP contribution < -0.4 is 5.32 Å². The Morgan fingerprint density at radius 2 is 1.91 bits per heavy atom. The molecule has 120 valence electrons. The summed E-state index contributed by atoms with van der Waals surface area (Å²) in [5.41, 5.74) is -0.728. The third-order valence-electron chi connectivity index (χ3n) is 3.06. The molecule has 0 saturated carbocycles. The number of nitrogens with one attached hydrogen (secondary N) is 1. The van der Waals surface area contributed by atoms with Gasteiger partial charge in [-0.05, 0) is 13.0 Å². The van der Waals surface area contributed by atoms with Gasteiger partial charge < -0.3 is 9.88 Å². The van der Waals surface area contributed by atoms with Crippen molar-refractivity contribution in [2.45, 2.75) is 39.4 Å². The van der Waals surface area contributed by atoms with Gasteiger partial charge in [0.2, 0.25) is 5.95 Å². The summed E-state index contributed by atoms with van der Waals surface area (Å²) in [4.78, 5) is 7.44. The Balaban J connectivity index is 2.17. The molecule has 9 heteroatoms. The van der Waals surface area contributed by atoms with Crippen LogP contribution in [0.5, 0.6) is 0 Å². The molecule has 0 amide bonds. The fourth-order valence-corrected chi connectivity index (χ4v) is 1.98. The number of hydrogen-bond acceptors (Lipinski definition) is 5. The van der Waals surface area contributed by atoms with Crippen LogP contribution in [0.15, 0.2) is 6.07 Å². The van der Waals surface area contributed by atoms with E-state index in [9.17, 15) is 13.2 Å². The van der Waals surface area contributed by atoms with Gasteiger partial charge in [0, 0.05) is 18.7 Å². The first-order valence-electron chi connectivity index (χ1n) is 6.73. The first kappa shape index (κ1) is 16.2. The molecule has 0 atom stereocenters. The number of aromatic nitrogens is 5. The van der Waals surface area contributed by atoms with Crippen molar-refractivity contribution >= 4 is 5.95 Å². The van der Waals surface area contributed by atoms with Gasteiger partial charge in [0.1, 0.15) is 11.5 Å². The van der Waals surface area contributed by atoms with Gasteiger partial charge in [0.15, 0.2) is 5.82 Å². The first-order valence-corrected chi connectivity index (χ1v) is 6.73. The topological polar surface area (TPSA) is 68.5 Å². The van der Waals surface area contributed by atoms with Gasteiger partial charge in [-0.15, -0.1) is 10.2 Å². The largest absolute Gasteiger partial charge is 0.433 e. The minimum Gasteiger partial charge on any atom is -0.347 e. The van der Waals surface area contributed by atoms with E-state index in [1.807, 2.05) is 20.9 Å². The predicted molar refractivity (Wildman–Crippen MR) is 74.2 cm³/mol. The van der Waals surface area contributed by atoms with E-state index in [2.05, 4.69) is 25.5 Å². The smallest absolute Gasteiger partial charge is 0.347 e. The number of hydrogen-bond donors (Lipinski definition) is 1. The fourth-order valence-electron chi connectivity index (χ4n) is 1.98. The second-order valence-electron chi connectivity index (χ2n) is 5.26. The van der Waals surface area contributed by atoms with Crippen molar-refractivity contribution in [1.29, 1.82) is 0 Å². The molecule has 0 aliphatic heterocycles. The fraction of sp³-hybridized carbons (Fsp3) is 0.538. The van der Waals surface area contributed by atoms with E-state index in [-0.39, 0.29) is 24.1 Å². The van der Waals surface area contributed by atoms with Crippen LogP contribution >= 0.6 is 0 Å². The van der Waals surface area contributed by atoms with Crippen LogP contribution in [0, 0.1) is 6.92 Å². The molecule has 6 nitrogen and oxygen atoms in total. The van der Waals surface area contributed by atoms with Crippen LogP contribution in [0.2, 0.25) is 0 Å². The maximum Gasteiger partial charge on any atom is 0.433 e. The van der Waals surface area contributed by atoms with E-state index in [4.69, 9.17) is 0 Å². The van der Waals surface area contributed by atoms with Gasteiger partial charge in [0.05, 0.1) is 6.54 Å². The number of halogens is 3. The third kappa shape index (κ3) is 3.52. The SMILES string of the molecule is Cc1cc(C(F)(F)F)nc(NCc2nnc(C(C)C)n2C)n1. The standard InChI is InChI=1S/C13H17F3N6/c1-7(2)11-21-20-10(22(11)4)6-17-12-18-8(3)5-9(19-12)13(14,15)16/h5,7H,6H2,1-4H3,(H,17,18,19). The minimum absolute atomic E-state index is 0.0820. The molecule has 0 unspecified atom stereocenters. The van der Waals surface area contributed by atoms with Crippen LogP contribution in [0.4, 0.5) is 19.1 Å². The summed E-state index contributed by atoms with van der Waals surface area (Å²) in [7, 11) is 1.81. The molecule has 0 aliphatic rings. The van der Waals surface area contributed by atoms with E-state index >= 15 is 0 Å². The van der Waals surface area contributed by atoms with E-state index in [0.29, 0.717) is 5.82 Å². The van der Waals surface area contributed by atoms with Crippen LogP contribution in [0.1, 0.15) is 42.8 Å². The molecular formula is C13H17F3N6. The highest BCUT2D eigenvalue weighted by Crippen LogP contribution is 2.28. The summed E-state index contributed by atoms with van der Waals surface area (Å²) in [6.07, 6.45) is -4.50. The Morgan fingerprint density at radius 1 is 1.23 bits per heavy atom. The number of anilines is 1. The molecule has 0 spiro atoms. The number of rotatable bonds is 4. The molecule has 0 aliphatic carbocycles. The minimum atomic E-state index is -4.50. The highest BCUT2D eigenvalue weighted by atomic mass is 19.4. The number of nitrogens with zero attached hydrogens (tertiary/aromatic N) is 5. The summed E-state index contributed by atoms with van der Waals surface area (Å²) in [5.74, 6) is 1.53. The monoisotopic (exact) mass is 314 g/mol. The Kier molecular flexibility index (Phi) is 4.34. The molecule has 0 fully saturated rings. The highest BCUT2D eigenvalue weighted by molar-refractivity contribution is 5.29. The molecule has 0 radical (unpaired) electrons. The molecule has 0 saturated heterocycles. The Morgan fingerprint density at radius 3 is 2.45 bits per heavy atom. The van der Waals surface area contributed by atoms with Crippen molar-refractivity contribution in [3.8, 4) is 0 Å². The second-order valence-corrected chi connectivity index (χ2v) is 5.26. The van der Waals surface area contributed by atoms with Gasteiger partial charge >= 0.3 is 6.18 Å². The maximum atomic E-state index is 12.7. The number of aryl methyl sites for hydroxylation is 1. The molecule has 0 aromatic carbocycles. The Hall–Kier alpha value is -2.19. The summed E-state index contributed by atoms with van der Waals surface area (Å²) in [6.45, 7) is 5.65. The molecule has 1 N–H and O–H groups in total. The summed E-state index contributed by atoms with van der Waals surface area (Å²) in [6, 6.07) is 0.907. The van der Waals surface area contributed by atoms with Crippen molar-refractivity contribution in [3.63, 3.8) is 0 Å². The molecule has 2 rings (SSSR count). The summed E-state index contributed by atoms with van der Waals surface area (Å²) >= 11 is 0. The maximum absolute atomic E-state index is 12.7. The van der Waals surface area contributed by atoms with Gasteiger partial charge in [-0.2, -0.15) is 13.2 Å². The van der Waals surface area contributed by atoms with Gasteiger partial charge in [0.25, 0.3) is 0 Å². The summed E-state index contributed by atoms with van der Waals surface area (Å²) in [5, 5.41) is 10.8. The van der Waals surface area contributed by atoms with E-state index < -0.39 is 11.9 Å². The van der Waals surface area contributed by atoms with Crippen LogP contribution in [0.25, 0.3) is 0 Å². The molecular weight excluding hydrogens is 297 g/mol. The van der Waals surface area contributed by atoms with Crippen molar-refractivity contribution in [2.75, 3.05) is 5.32 Å².